The normalized spacial score (nSPS) is 12.3. The second kappa shape index (κ2) is 15.7. The van der Waals surface area contributed by atoms with Crippen LogP contribution in [0.5, 0.6) is 0 Å². The summed E-state index contributed by atoms with van der Waals surface area (Å²) in [7, 11) is 0. The lowest BCUT2D eigenvalue weighted by atomic mass is 9.94. The SMILES string of the molecule is c1ccc(N(c2ccc3c(c2)N(c2ccccc2)c2ccccc2N3c2ccc(-c3ccc4c(c3)c3ccccc3n4-c3ccccc3)c3ccccc23)c2ccc3oc4ccccc4c3c2)cc1. The van der Waals surface area contributed by atoms with Gasteiger partial charge in [0.05, 0.1) is 39.5 Å². The predicted octanol–water partition coefficient (Wildman–Crippen LogP) is 18.2. The number of nitrogens with zero attached hydrogens (tertiary/aromatic N) is 4. The molecule has 14 rings (SSSR count). The molecule has 0 amide bonds. The first kappa shape index (κ1) is 38.9. The van der Waals surface area contributed by atoms with Crippen LogP contribution in [-0.2, 0) is 0 Å². The van der Waals surface area contributed by atoms with E-state index >= 15 is 0 Å². The molecule has 0 saturated carbocycles. The number of hydrogen-bond donors (Lipinski definition) is 0. The second-order valence-electron chi connectivity index (χ2n) is 17.7. The molecule has 11 aromatic carbocycles. The van der Waals surface area contributed by atoms with E-state index in [4.69, 9.17) is 4.42 Å². The monoisotopic (exact) mass is 882 g/mol. The molecule has 0 aliphatic carbocycles. The maximum Gasteiger partial charge on any atom is 0.135 e. The fourth-order valence-electron chi connectivity index (χ4n) is 10.8. The fourth-order valence-corrected chi connectivity index (χ4v) is 10.8. The maximum absolute atomic E-state index is 6.30. The Bertz CT molecular complexity index is 4100. The Hall–Kier alpha value is -9.32. The van der Waals surface area contributed by atoms with Crippen molar-refractivity contribution >= 4 is 106 Å². The van der Waals surface area contributed by atoms with Gasteiger partial charge in [0.15, 0.2) is 0 Å². The minimum Gasteiger partial charge on any atom is -0.456 e. The summed E-state index contributed by atoms with van der Waals surface area (Å²) < 4.78 is 8.68. The quantitative estimate of drug-likeness (QED) is 0.159. The van der Waals surface area contributed by atoms with Crippen LogP contribution in [0.4, 0.5) is 51.2 Å². The molecule has 13 aromatic rings. The molecule has 0 spiro atoms. The molecule has 3 heterocycles. The van der Waals surface area contributed by atoms with Crippen molar-refractivity contribution in [3.63, 3.8) is 0 Å². The van der Waals surface area contributed by atoms with Crippen LogP contribution >= 0.6 is 0 Å². The van der Waals surface area contributed by atoms with E-state index in [-0.39, 0.29) is 0 Å². The predicted molar refractivity (Wildman–Crippen MR) is 289 cm³/mol. The third-order valence-corrected chi connectivity index (χ3v) is 13.8. The molecule has 324 valence electrons. The van der Waals surface area contributed by atoms with Gasteiger partial charge in [-0.15, -0.1) is 0 Å². The zero-order valence-electron chi connectivity index (χ0n) is 37.4. The van der Waals surface area contributed by atoms with Crippen LogP contribution in [0.3, 0.4) is 0 Å². The van der Waals surface area contributed by atoms with Gasteiger partial charge in [0.1, 0.15) is 11.2 Å². The van der Waals surface area contributed by atoms with Crippen LogP contribution in [0.1, 0.15) is 0 Å². The minimum absolute atomic E-state index is 0.871. The van der Waals surface area contributed by atoms with Gasteiger partial charge in [-0.3, -0.25) is 0 Å². The lowest BCUT2D eigenvalue weighted by Crippen LogP contribution is -2.24. The number of anilines is 9. The molecule has 69 heavy (non-hydrogen) atoms. The summed E-state index contributed by atoms with van der Waals surface area (Å²) in [6.45, 7) is 0. The van der Waals surface area contributed by atoms with Crippen LogP contribution < -0.4 is 14.7 Å². The van der Waals surface area contributed by atoms with E-state index < -0.39 is 0 Å². The number of rotatable bonds is 7. The van der Waals surface area contributed by atoms with Crippen molar-refractivity contribution in [3.05, 3.63) is 255 Å². The minimum atomic E-state index is 0.871. The van der Waals surface area contributed by atoms with E-state index in [1.807, 2.05) is 12.1 Å². The van der Waals surface area contributed by atoms with E-state index in [1.54, 1.807) is 0 Å². The number of furan rings is 1. The van der Waals surface area contributed by atoms with Crippen molar-refractivity contribution < 1.29 is 4.42 Å². The Balaban J connectivity index is 0.960. The molecule has 0 radical (unpaired) electrons. The van der Waals surface area contributed by atoms with Crippen LogP contribution in [0.25, 0.3) is 71.3 Å². The number of benzene rings is 11. The molecule has 5 nitrogen and oxygen atoms in total. The Labute approximate surface area is 399 Å². The molecular weight excluding hydrogens is 841 g/mol. The number of aromatic nitrogens is 1. The van der Waals surface area contributed by atoms with Crippen molar-refractivity contribution in [2.24, 2.45) is 0 Å². The van der Waals surface area contributed by atoms with Gasteiger partial charge in [0.25, 0.3) is 0 Å². The van der Waals surface area contributed by atoms with Gasteiger partial charge in [-0.05, 0) is 132 Å². The van der Waals surface area contributed by atoms with Crippen LogP contribution in [0.2, 0.25) is 0 Å². The molecule has 0 N–H and O–H groups in total. The third kappa shape index (κ3) is 6.18. The van der Waals surface area contributed by atoms with Gasteiger partial charge in [0.2, 0.25) is 0 Å². The Morgan fingerprint density at radius 1 is 0.290 bits per heavy atom. The topological polar surface area (TPSA) is 27.8 Å². The van der Waals surface area contributed by atoms with Crippen LogP contribution in [-0.4, -0.2) is 4.57 Å². The first-order valence-electron chi connectivity index (χ1n) is 23.5. The summed E-state index contributed by atoms with van der Waals surface area (Å²) in [5, 5.41) is 7.03. The Morgan fingerprint density at radius 3 is 1.65 bits per heavy atom. The summed E-state index contributed by atoms with van der Waals surface area (Å²) >= 11 is 0. The van der Waals surface area contributed by atoms with E-state index in [9.17, 15) is 0 Å². The molecule has 1 aliphatic heterocycles. The summed E-state index contributed by atoms with van der Waals surface area (Å²) in [6, 6.07) is 91.8. The van der Waals surface area contributed by atoms with Gasteiger partial charge in [0, 0.05) is 55.4 Å². The van der Waals surface area contributed by atoms with E-state index in [1.165, 1.54) is 43.7 Å². The van der Waals surface area contributed by atoms with Gasteiger partial charge >= 0.3 is 0 Å². The highest BCUT2D eigenvalue weighted by atomic mass is 16.3. The standard InChI is InChI=1S/C64H42N4O/c1-4-18-44(19-5-1)65(47-34-39-64-55(41-47)53-27-13-17-31-63(53)69-64)48-33-37-61-62(42-48)67(46-22-8-3-9-23-46)59-29-15-16-30-60(59)68(61)57-38-35-49(50-24-10-11-25-51(50)57)43-32-36-58-54(40-43)52-26-12-14-28-56(52)66(58)45-20-6-2-7-21-45/h1-42H. The van der Waals surface area contributed by atoms with E-state index in [0.29, 0.717) is 0 Å². The average molecular weight is 883 g/mol. The number of fused-ring (bicyclic) bond motifs is 9. The molecule has 2 aromatic heterocycles. The molecule has 0 saturated heterocycles. The zero-order valence-corrected chi connectivity index (χ0v) is 37.4. The Morgan fingerprint density at radius 2 is 0.855 bits per heavy atom. The van der Waals surface area contributed by atoms with Gasteiger partial charge in [-0.25, -0.2) is 0 Å². The number of hydrogen-bond acceptors (Lipinski definition) is 4. The molecule has 0 fully saturated rings. The highest BCUT2D eigenvalue weighted by Crippen LogP contribution is 2.57. The highest BCUT2D eigenvalue weighted by Gasteiger charge is 2.32. The van der Waals surface area contributed by atoms with Crippen LogP contribution in [0.15, 0.2) is 259 Å². The zero-order chi connectivity index (χ0) is 45.4. The van der Waals surface area contributed by atoms with Gasteiger partial charge in [-0.2, -0.15) is 0 Å². The molecule has 0 atom stereocenters. The summed E-state index contributed by atoms with van der Waals surface area (Å²) in [5.74, 6) is 0. The van der Waals surface area contributed by atoms with Crippen molar-refractivity contribution in [2.75, 3.05) is 14.7 Å². The number of para-hydroxylation sites is 7. The van der Waals surface area contributed by atoms with E-state index in [0.717, 1.165) is 78.8 Å². The molecule has 0 unspecified atom stereocenters. The lowest BCUT2D eigenvalue weighted by Gasteiger charge is -2.41. The molecule has 0 bridgehead atoms. The molecule has 1 aliphatic rings. The second-order valence-corrected chi connectivity index (χ2v) is 17.7. The van der Waals surface area contributed by atoms with Crippen LogP contribution in [0, 0.1) is 0 Å². The van der Waals surface area contributed by atoms with Gasteiger partial charge < -0.3 is 23.7 Å². The average Bonchev–Trinajstić information content (AvgIpc) is 3.96. The smallest absolute Gasteiger partial charge is 0.135 e. The molecular formula is C64H42N4O. The first-order valence-corrected chi connectivity index (χ1v) is 23.5. The summed E-state index contributed by atoms with van der Waals surface area (Å²) in [6.07, 6.45) is 0. The maximum atomic E-state index is 6.30. The van der Waals surface area contributed by atoms with Crippen molar-refractivity contribution in [2.45, 2.75) is 0 Å². The lowest BCUT2D eigenvalue weighted by molar-refractivity contribution is 0.669. The highest BCUT2D eigenvalue weighted by molar-refractivity contribution is 6.14. The fraction of sp³-hybridized carbons (Fsp3) is 0. The van der Waals surface area contributed by atoms with E-state index in [2.05, 4.69) is 262 Å². The molecule has 5 heteroatoms. The van der Waals surface area contributed by atoms with Crippen molar-refractivity contribution in [1.82, 2.24) is 4.57 Å². The van der Waals surface area contributed by atoms with Crippen molar-refractivity contribution in [3.8, 4) is 16.8 Å². The Kier molecular flexibility index (Phi) is 8.83. The summed E-state index contributed by atoms with van der Waals surface area (Å²) in [5.41, 5.74) is 17.4. The third-order valence-electron chi connectivity index (χ3n) is 13.8. The first-order chi connectivity index (χ1) is 34.2. The summed E-state index contributed by atoms with van der Waals surface area (Å²) in [4.78, 5) is 7.24. The van der Waals surface area contributed by atoms with Gasteiger partial charge in [-0.1, -0.05) is 140 Å². The van der Waals surface area contributed by atoms with Crippen molar-refractivity contribution in [1.29, 1.82) is 0 Å². The largest absolute Gasteiger partial charge is 0.456 e.